The quantitative estimate of drug-likeness (QED) is 0.688. The Bertz CT molecular complexity index is 806. The third-order valence-electron chi connectivity index (χ3n) is 3.78. The number of benzene rings is 1. The lowest BCUT2D eigenvalue weighted by Crippen LogP contribution is -1.99. The highest BCUT2D eigenvalue weighted by molar-refractivity contribution is 9.10. The molecule has 0 fully saturated rings. The predicted molar refractivity (Wildman–Crippen MR) is 86.1 cm³/mol. The minimum absolute atomic E-state index is 0.656. The molecule has 0 radical (unpaired) electrons. The van der Waals surface area contributed by atoms with Crippen molar-refractivity contribution < 1.29 is 4.42 Å². The van der Waals surface area contributed by atoms with Crippen LogP contribution in [0.1, 0.15) is 23.3 Å². The summed E-state index contributed by atoms with van der Waals surface area (Å²) in [4.78, 5) is 6.02. The Balaban J connectivity index is 1.95. The van der Waals surface area contributed by atoms with Gasteiger partial charge in [-0.1, -0.05) is 6.07 Å². The fraction of sp³-hybridized carbons (Fsp3) is 0.267. The number of aryl methyl sites for hydroxylation is 1. The van der Waals surface area contributed by atoms with E-state index in [-0.39, 0.29) is 0 Å². The van der Waals surface area contributed by atoms with Gasteiger partial charge in [0.05, 0.1) is 15.0 Å². The van der Waals surface area contributed by atoms with Crippen LogP contribution in [0.3, 0.4) is 0 Å². The Morgan fingerprint density at radius 2 is 2.10 bits per heavy atom. The van der Waals surface area contributed by atoms with Crippen LogP contribution < -0.4 is 5.73 Å². The minimum atomic E-state index is 0.656. The van der Waals surface area contributed by atoms with Crippen molar-refractivity contribution >= 4 is 43.4 Å². The summed E-state index contributed by atoms with van der Waals surface area (Å²) < 4.78 is 6.89. The normalized spacial score (nSPS) is 14.7. The van der Waals surface area contributed by atoms with Gasteiger partial charge in [-0.25, -0.2) is 4.98 Å². The number of anilines is 1. The van der Waals surface area contributed by atoms with Crippen LogP contribution >= 0.6 is 27.3 Å². The number of thiophene rings is 1. The van der Waals surface area contributed by atoms with E-state index in [1.54, 1.807) is 11.3 Å². The minimum Gasteiger partial charge on any atom is -0.435 e. The van der Waals surface area contributed by atoms with E-state index in [0.29, 0.717) is 5.89 Å². The molecule has 3 nitrogen and oxygen atoms in total. The summed E-state index contributed by atoms with van der Waals surface area (Å²) in [5, 5.41) is 0.833. The van der Waals surface area contributed by atoms with Crippen molar-refractivity contribution in [3.63, 3.8) is 0 Å². The van der Waals surface area contributed by atoms with Gasteiger partial charge >= 0.3 is 0 Å². The molecule has 1 aliphatic rings. The van der Waals surface area contributed by atoms with Crippen molar-refractivity contribution in [2.75, 3.05) is 5.73 Å². The van der Waals surface area contributed by atoms with Crippen LogP contribution in [0.5, 0.6) is 0 Å². The number of aromatic nitrogens is 1. The van der Waals surface area contributed by atoms with E-state index in [0.717, 1.165) is 39.0 Å². The summed E-state index contributed by atoms with van der Waals surface area (Å²) in [5.74, 6) is 0.656. The van der Waals surface area contributed by atoms with Gasteiger partial charge in [0.25, 0.3) is 0 Å². The van der Waals surface area contributed by atoms with E-state index in [9.17, 15) is 0 Å². The molecule has 20 heavy (non-hydrogen) atoms. The summed E-state index contributed by atoms with van der Waals surface area (Å²) >= 11 is 5.20. The van der Waals surface area contributed by atoms with Crippen LogP contribution in [0, 0.1) is 0 Å². The fourth-order valence-corrected chi connectivity index (χ4v) is 4.43. The first-order valence-corrected chi connectivity index (χ1v) is 8.30. The number of hydrogen-bond donors (Lipinski definition) is 1. The van der Waals surface area contributed by atoms with Gasteiger partial charge in [0, 0.05) is 4.88 Å². The lowest BCUT2D eigenvalue weighted by Gasteiger charge is -2.11. The molecule has 0 amide bonds. The second-order valence-electron chi connectivity index (χ2n) is 5.06. The van der Waals surface area contributed by atoms with Gasteiger partial charge < -0.3 is 10.2 Å². The smallest absolute Gasteiger partial charge is 0.230 e. The van der Waals surface area contributed by atoms with Crippen LogP contribution in [0.2, 0.25) is 0 Å². The van der Waals surface area contributed by atoms with E-state index >= 15 is 0 Å². The molecule has 5 heteroatoms. The van der Waals surface area contributed by atoms with Crippen molar-refractivity contribution in [2.45, 2.75) is 25.7 Å². The number of nitrogens with two attached hydrogens (primary N) is 1. The number of hydrogen-bond acceptors (Lipinski definition) is 4. The average molecular weight is 349 g/mol. The van der Waals surface area contributed by atoms with Crippen LogP contribution in [-0.4, -0.2) is 4.98 Å². The molecule has 2 aromatic heterocycles. The second-order valence-corrected chi connectivity index (χ2v) is 7.05. The number of nitrogen functional groups attached to an aromatic ring is 1. The number of oxazole rings is 1. The van der Waals surface area contributed by atoms with Crippen molar-refractivity contribution in [1.82, 2.24) is 4.98 Å². The highest BCUT2D eigenvalue weighted by atomic mass is 79.9. The van der Waals surface area contributed by atoms with Gasteiger partial charge in [-0.3, -0.25) is 0 Å². The Labute approximate surface area is 128 Å². The van der Waals surface area contributed by atoms with E-state index in [1.165, 1.54) is 23.3 Å². The Morgan fingerprint density at radius 1 is 1.25 bits per heavy atom. The molecule has 0 unspecified atom stereocenters. The lowest BCUT2D eigenvalue weighted by molar-refractivity contribution is 0.615. The third-order valence-corrected chi connectivity index (χ3v) is 5.52. The molecule has 0 bridgehead atoms. The molecule has 0 spiro atoms. The van der Waals surface area contributed by atoms with Gasteiger partial charge in [0.1, 0.15) is 5.52 Å². The van der Waals surface area contributed by atoms with Gasteiger partial charge in [0.15, 0.2) is 5.58 Å². The molecule has 0 aliphatic heterocycles. The SMILES string of the molecule is Nc1sc2c(c1-c1nc3cccc(Br)c3o1)CCCC2. The van der Waals surface area contributed by atoms with E-state index in [2.05, 4.69) is 20.9 Å². The van der Waals surface area contributed by atoms with E-state index in [1.807, 2.05) is 18.2 Å². The molecule has 2 heterocycles. The molecule has 3 aromatic rings. The molecule has 0 saturated heterocycles. The number of nitrogens with zero attached hydrogens (tertiary/aromatic N) is 1. The largest absolute Gasteiger partial charge is 0.435 e. The summed E-state index contributed by atoms with van der Waals surface area (Å²) in [5.41, 5.74) is 10.2. The molecule has 1 aliphatic carbocycles. The molecule has 0 saturated carbocycles. The summed E-state index contributed by atoms with van der Waals surface area (Å²) in [6.07, 6.45) is 4.69. The molecular formula is C15H13BrN2OS. The van der Waals surface area contributed by atoms with E-state index in [4.69, 9.17) is 10.2 Å². The number of rotatable bonds is 1. The van der Waals surface area contributed by atoms with Crippen LogP contribution in [0.15, 0.2) is 27.1 Å². The first-order valence-electron chi connectivity index (χ1n) is 6.69. The topological polar surface area (TPSA) is 52.0 Å². The second kappa shape index (κ2) is 4.60. The Morgan fingerprint density at radius 3 is 2.95 bits per heavy atom. The van der Waals surface area contributed by atoms with Gasteiger partial charge in [-0.2, -0.15) is 0 Å². The highest BCUT2D eigenvalue weighted by Gasteiger charge is 2.24. The predicted octanol–water partition coefficient (Wildman–Crippen LogP) is 4.78. The maximum Gasteiger partial charge on any atom is 0.230 e. The number of fused-ring (bicyclic) bond motifs is 2. The van der Waals surface area contributed by atoms with Crippen LogP contribution in [-0.2, 0) is 12.8 Å². The molecule has 1 aromatic carbocycles. The zero-order chi connectivity index (χ0) is 13.7. The average Bonchev–Trinajstić information content (AvgIpc) is 2.99. The molecule has 2 N–H and O–H groups in total. The van der Waals surface area contributed by atoms with E-state index < -0.39 is 0 Å². The van der Waals surface area contributed by atoms with Crippen molar-refractivity contribution in [2.24, 2.45) is 0 Å². The monoisotopic (exact) mass is 348 g/mol. The molecule has 4 rings (SSSR count). The zero-order valence-corrected chi connectivity index (χ0v) is 13.2. The van der Waals surface area contributed by atoms with Crippen molar-refractivity contribution in [3.8, 4) is 11.5 Å². The number of halogens is 1. The van der Waals surface area contributed by atoms with Crippen LogP contribution in [0.4, 0.5) is 5.00 Å². The summed E-state index contributed by atoms with van der Waals surface area (Å²) in [7, 11) is 0. The van der Waals surface area contributed by atoms with Crippen LogP contribution in [0.25, 0.3) is 22.6 Å². The highest BCUT2D eigenvalue weighted by Crippen LogP contribution is 2.43. The van der Waals surface area contributed by atoms with Gasteiger partial charge in [-0.15, -0.1) is 11.3 Å². The van der Waals surface area contributed by atoms with Crippen molar-refractivity contribution in [1.29, 1.82) is 0 Å². The van der Waals surface area contributed by atoms with Gasteiger partial charge in [0.2, 0.25) is 5.89 Å². The number of para-hydroxylation sites is 1. The Hall–Kier alpha value is -1.33. The third kappa shape index (κ3) is 1.80. The first-order chi connectivity index (χ1) is 9.74. The van der Waals surface area contributed by atoms with Gasteiger partial charge in [-0.05, 0) is 59.3 Å². The maximum atomic E-state index is 6.22. The molecular weight excluding hydrogens is 336 g/mol. The Kier molecular flexibility index (Phi) is 2.86. The lowest BCUT2D eigenvalue weighted by atomic mass is 9.95. The zero-order valence-electron chi connectivity index (χ0n) is 10.8. The summed E-state index contributed by atoms with van der Waals surface area (Å²) in [6.45, 7) is 0. The fourth-order valence-electron chi connectivity index (χ4n) is 2.84. The molecule has 102 valence electrons. The molecule has 0 atom stereocenters. The first kappa shape index (κ1) is 12.4. The van der Waals surface area contributed by atoms with Crippen molar-refractivity contribution in [3.05, 3.63) is 33.1 Å². The summed E-state index contributed by atoms with van der Waals surface area (Å²) in [6, 6.07) is 5.89. The maximum absolute atomic E-state index is 6.22. The standard InChI is InChI=1S/C15H13BrN2OS/c16-9-5-3-6-10-13(9)19-15(18-10)12-8-4-1-2-7-11(8)20-14(12)17/h3,5-6H,1-2,4,7,17H2.